The fourth-order valence-electron chi connectivity index (χ4n) is 9.40. The average molecular weight is 485 g/mol. The molecule has 3 fully saturated rings. The van der Waals surface area contributed by atoms with Gasteiger partial charge in [0.05, 0.1) is 17.8 Å². The molecule has 0 spiro atoms. The van der Waals surface area contributed by atoms with E-state index in [2.05, 4.69) is 26.8 Å². The summed E-state index contributed by atoms with van der Waals surface area (Å²) in [5.41, 5.74) is 2.18. The number of hydrogen-bond acceptors (Lipinski definition) is 4. The zero-order chi connectivity index (χ0) is 25.3. The highest BCUT2D eigenvalue weighted by molar-refractivity contribution is 5.90. The third-order valence-corrected chi connectivity index (χ3v) is 11.6. The maximum Gasteiger partial charge on any atom is 0.336 e. The van der Waals surface area contributed by atoms with E-state index in [-0.39, 0.29) is 29.0 Å². The van der Waals surface area contributed by atoms with Crippen LogP contribution in [0.2, 0.25) is 0 Å². The number of hydrogen-bond donors (Lipinski definition) is 2. The Hall–Kier alpha value is -1.13. The number of carbonyl (C=O) groups excluding carboxylic acids is 1. The smallest absolute Gasteiger partial charge is 0.336 e. The summed E-state index contributed by atoms with van der Waals surface area (Å²) in [6.45, 7) is 13.2. The lowest BCUT2D eigenvalue weighted by molar-refractivity contribution is -0.153. The van der Waals surface area contributed by atoms with Crippen molar-refractivity contribution < 1.29 is 19.7 Å². The number of rotatable bonds is 3. The molecule has 196 valence electrons. The van der Waals surface area contributed by atoms with Crippen LogP contribution in [0, 0.1) is 45.8 Å². The van der Waals surface area contributed by atoms with Gasteiger partial charge in [-0.3, -0.25) is 0 Å². The number of carbonyl (C=O) groups is 1. The summed E-state index contributed by atoms with van der Waals surface area (Å²) < 4.78 is 6.02. The molecule has 10 atom stereocenters. The molecule has 5 aliphatic rings. The summed E-state index contributed by atoms with van der Waals surface area (Å²) in [7, 11) is 0. The molecule has 4 aliphatic carbocycles. The minimum absolute atomic E-state index is 0.0908. The van der Waals surface area contributed by atoms with Crippen molar-refractivity contribution in [2.75, 3.05) is 0 Å². The van der Waals surface area contributed by atoms with E-state index in [1.54, 1.807) is 0 Å². The molecule has 0 bridgehead atoms. The molecule has 0 amide bonds. The molecule has 3 saturated carbocycles. The van der Waals surface area contributed by atoms with Gasteiger partial charge in [-0.2, -0.15) is 0 Å². The minimum Gasteiger partial charge on any atom is -0.458 e. The Labute approximate surface area is 212 Å². The fourth-order valence-corrected chi connectivity index (χ4v) is 9.40. The van der Waals surface area contributed by atoms with Crippen molar-refractivity contribution in [3.63, 3.8) is 0 Å². The van der Waals surface area contributed by atoms with Crippen LogP contribution in [0.3, 0.4) is 0 Å². The third kappa shape index (κ3) is 4.06. The SMILES string of the molecule is C[C@@H]([C@H]1CC[C@H]2[C@@H]3CC=C4C[C@@H](O)CC[C@]4(C)[C@H]3CC[C@]12C)[C@H]1CC=C(C(O)C(C)(C)C)C(=O)O1. The van der Waals surface area contributed by atoms with Crippen molar-refractivity contribution in [1.29, 1.82) is 0 Å². The van der Waals surface area contributed by atoms with Crippen LogP contribution in [0.25, 0.3) is 0 Å². The van der Waals surface area contributed by atoms with Crippen molar-refractivity contribution >= 4 is 5.97 Å². The number of allylic oxidation sites excluding steroid dienone is 1. The Morgan fingerprint density at radius 1 is 1.03 bits per heavy atom. The molecule has 0 radical (unpaired) electrons. The summed E-state index contributed by atoms with van der Waals surface area (Å²) in [5, 5.41) is 20.9. The highest BCUT2D eigenvalue weighted by Crippen LogP contribution is 2.67. The second-order valence-electron chi connectivity index (χ2n) is 14.4. The number of fused-ring (bicyclic) bond motifs is 5. The molecule has 1 heterocycles. The molecule has 35 heavy (non-hydrogen) atoms. The lowest BCUT2D eigenvalue weighted by Gasteiger charge is -2.58. The van der Waals surface area contributed by atoms with Gasteiger partial charge in [0.1, 0.15) is 6.10 Å². The van der Waals surface area contributed by atoms with Gasteiger partial charge in [-0.1, -0.05) is 59.3 Å². The van der Waals surface area contributed by atoms with E-state index in [0.717, 1.165) is 37.0 Å². The number of cyclic esters (lactones) is 1. The van der Waals surface area contributed by atoms with Gasteiger partial charge < -0.3 is 14.9 Å². The summed E-state index contributed by atoms with van der Waals surface area (Å²) in [4.78, 5) is 12.9. The van der Waals surface area contributed by atoms with Crippen molar-refractivity contribution in [1.82, 2.24) is 0 Å². The van der Waals surface area contributed by atoms with Gasteiger partial charge in [0.25, 0.3) is 0 Å². The molecule has 0 aromatic heterocycles. The van der Waals surface area contributed by atoms with Gasteiger partial charge in [-0.05, 0) is 97.2 Å². The molecule has 0 aromatic carbocycles. The summed E-state index contributed by atoms with van der Waals surface area (Å²) in [6, 6.07) is 0. The standard InChI is InChI=1S/C31H48O4/c1-18(26-12-9-22(28(34)35-26)27(33)29(2,3)4)23-10-11-24-21-8-7-19-17-20(32)13-15-30(19,5)25(21)14-16-31(23,24)6/h7,9,18,20-21,23-27,32-33H,8,10-17H2,1-6H3/t18-,20-,21-,23+,24-,25-,26+,27?,30-,31+/m0/s1. The number of aliphatic hydroxyl groups excluding tert-OH is 2. The average Bonchev–Trinajstić information content (AvgIpc) is 3.15. The Morgan fingerprint density at radius 2 is 1.77 bits per heavy atom. The highest BCUT2D eigenvalue weighted by Gasteiger charge is 2.60. The van der Waals surface area contributed by atoms with Gasteiger partial charge >= 0.3 is 5.97 Å². The van der Waals surface area contributed by atoms with Crippen LogP contribution in [0.5, 0.6) is 0 Å². The third-order valence-electron chi connectivity index (χ3n) is 11.6. The van der Waals surface area contributed by atoms with Crippen molar-refractivity contribution in [2.24, 2.45) is 45.8 Å². The van der Waals surface area contributed by atoms with Crippen LogP contribution in [-0.2, 0) is 9.53 Å². The minimum atomic E-state index is -0.790. The Balaban J connectivity index is 1.32. The van der Waals surface area contributed by atoms with E-state index in [1.165, 1.54) is 37.7 Å². The number of esters is 1. The van der Waals surface area contributed by atoms with Crippen molar-refractivity contribution in [3.8, 4) is 0 Å². The predicted molar refractivity (Wildman–Crippen MR) is 138 cm³/mol. The van der Waals surface area contributed by atoms with E-state index >= 15 is 0 Å². The topological polar surface area (TPSA) is 66.8 Å². The summed E-state index contributed by atoms with van der Waals surface area (Å²) in [5.74, 6) is 2.81. The molecule has 5 rings (SSSR count). The first kappa shape index (κ1) is 25.5. The van der Waals surface area contributed by atoms with Gasteiger partial charge in [-0.25, -0.2) is 4.79 Å². The van der Waals surface area contributed by atoms with Gasteiger partial charge in [0.2, 0.25) is 0 Å². The number of aliphatic hydroxyl groups is 2. The van der Waals surface area contributed by atoms with Crippen LogP contribution < -0.4 is 0 Å². The fraction of sp³-hybridized carbons (Fsp3) is 0.839. The number of ether oxygens (including phenoxy) is 1. The molecule has 4 nitrogen and oxygen atoms in total. The maximum absolute atomic E-state index is 12.9. The summed E-state index contributed by atoms with van der Waals surface area (Å²) >= 11 is 0. The Bertz CT molecular complexity index is 911. The van der Waals surface area contributed by atoms with Crippen LogP contribution in [0.15, 0.2) is 23.3 Å². The lowest BCUT2D eigenvalue weighted by atomic mass is 9.47. The lowest BCUT2D eigenvalue weighted by Crippen LogP contribution is -2.51. The quantitative estimate of drug-likeness (QED) is 0.369. The predicted octanol–water partition coefficient (Wildman–Crippen LogP) is 6.21. The summed E-state index contributed by atoms with van der Waals surface area (Å²) in [6.07, 6.45) is 13.4. The van der Waals surface area contributed by atoms with Crippen LogP contribution in [0.4, 0.5) is 0 Å². The first-order chi connectivity index (χ1) is 16.4. The van der Waals surface area contributed by atoms with Crippen LogP contribution in [-0.4, -0.2) is 34.5 Å². The first-order valence-corrected chi connectivity index (χ1v) is 14.3. The second kappa shape index (κ2) is 8.72. The van der Waals surface area contributed by atoms with Gasteiger partial charge in [-0.15, -0.1) is 0 Å². The first-order valence-electron chi connectivity index (χ1n) is 14.3. The van der Waals surface area contributed by atoms with E-state index < -0.39 is 6.10 Å². The molecular formula is C31H48O4. The van der Waals surface area contributed by atoms with E-state index in [9.17, 15) is 15.0 Å². The largest absolute Gasteiger partial charge is 0.458 e. The molecule has 4 heteroatoms. The van der Waals surface area contributed by atoms with Gasteiger partial charge in [0.15, 0.2) is 0 Å². The molecule has 0 saturated heterocycles. The van der Waals surface area contributed by atoms with Crippen molar-refractivity contribution in [3.05, 3.63) is 23.3 Å². The normalized spacial score (nSPS) is 45.3. The second-order valence-corrected chi connectivity index (χ2v) is 14.4. The molecule has 2 N–H and O–H groups in total. The van der Waals surface area contributed by atoms with E-state index in [4.69, 9.17) is 4.74 Å². The maximum atomic E-state index is 12.9. The van der Waals surface area contributed by atoms with E-state index in [1.807, 2.05) is 26.8 Å². The van der Waals surface area contributed by atoms with Gasteiger partial charge in [0, 0.05) is 6.42 Å². The Morgan fingerprint density at radius 3 is 2.46 bits per heavy atom. The molecule has 1 unspecified atom stereocenters. The Kier molecular flexibility index (Phi) is 6.36. The zero-order valence-electron chi connectivity index (χ0n) is 22.8. The van der Waals surface area contributed by atoms with Crippen LogP contribution >= 0.6 is 0 Å². The van der Waals surface area contributed by atoms with Crippen molar-refractivity contribution in [2.45, 2.75) is 118 Å². The highest BCUT2D eigenvalue weighted by atomic mass is 16.5. The molecular weight excluding hydrogens is 436 g/mol. The van der Waals surface area contributed by atoms with E-state index in [0.29, 0.717) is 29.2 Å². The van der Waals surface area contributed by atoms with Crippen LogP contribution in [0.1, 0.15) is 99.3 Å². The monoisotopic (exact) mass is 484 g/mol. The zero-order valence-corrected chi connectivity index (χ0v) is 22.8. The molecule has 1 aliphatic heterocycles. The molecule has 0 aromatic rings.